The molecule has 0 atom stereocenters. The summed E-state index contributed by atoms with van der Waals surface area (Å²) in [5.41, 5.74) is -1.16. The van der Waals surface area contributed by atoms with Crippen molar-refractivity contribution in [3.63, 3.8) is 0 Å². The van der Waals surface area contributed by atoms with Gasteiger partial charge in [-0.05, 0) is 0 Å². The third kappa shape index (κ3) is 4.57. The smallest absolute Gasteiger partial charge is 0.446 e. The van der Waals surface area contributed by atoms with Gasteiger partial charge in [0.15, 0.2) is 11.5 Å². The van der Waals surface area contributed by atoms with Crippen LogP contribution in [0.1, 0.15) is 0 Å². The molecule has 26 heavy (non-hydrogen) atoms. The molecule has 0 fully saturated rings. The number of phenolic OH excluding ortho intramolecular Hbond substituents is 4. The van der Waals surface area contributed by atoms with Gasteiger partial charge in [0.1, 0.15) is 23.0 Å². The van der Waals surface area contributed by atoms with E-state index >= 15 is 0 Å². The molecule has 0 aromatic heterocycles. The summed E-state index contributed by atoms with van der Waals surface area (Å²) in [4.78, 5) is 0. The minimum absolute atomic E-state index is 0.582. The fourth-order valence-electron chi connectivity index (χ4n) is 2.03. The minimum atomic E-state index is -4.95. The Balaban J connectivity index is 2.58. The van der Waals surface area contributed by atoms with Crippen molar-refractivity contribution >= 4 is 20.8 Å². The van der Waals surface area contributed by atoms with Gasteiger partial charge in [0.25, 0.3) is 0 Å². The van der Waals surface area contributed by atoms with E-state index in [4.69, 9.17) is 9.11 Å². The van der Waals surface area contributed by atoms with E-state index < -0.39 is 66.4 Å². The van der Waals surface area contributed by atoms with E-state index in [9.17, 15) is 37.3 Å². The lowest BCUT2D eigenvalue weighted by Gasteiger charge is -2.13. The van der Waals surface area contributed by atoms with E-state index in [-0.39, 0.29) is 0 Å². The first kappa shape index (κ1) is 19.4. The number of benzene rings is 2. The summed E-state index contributed by atoms with van der Waals surface area (Å²) in [6.07, 6.45) is 0. The number of hydrogen-bond acceptors (Lipinski definition) is 10. The fraction of sp³-hybridized carbons (Fsp3) is 0. The molecule has 6 N–H and O–H groups in total. The molecule has 0 aliphatic rings. The molecule has 14 heteroatoms. The topological polar surface area (TPSA) is 208 Å². The van der Waals surface area contributed by atoms with E-state index in [1.807, 2.05) is 0 Å². The van der Waals surface area contributed by atoms with E-state index in [0.717, 1.165) is 0 Å². The van der Waals surface area contributed by atoms with Crippen LogP contribution in [0.4, 0.5) is 0 Å². The van der Waals surface area contributed by atoms with Gasteiger partial charge in [0, 0.05) is 24.3 Å². The highest BCUT2D eigenvalue weighted by Gasteiger charge is 2.23. The Morgan fingerprint density at radius 3 is 1.00 bits per heavy atom. The van der Waals surface area contributed by atoms with Gasteiger partial charge in [0.05, 0.1) is 11.1 Å². The van der Waals surface area contributed by atoms with E-state index in [1.54, 1.807) is 0 Å². The van der Waals surface area contributed by atoms with Crippen molar-refractivity contribution in [2.75, 3.05) is 0 Å². The second kappa shape index (κ2) is 6.41. The van der Waals surface area contributed by atoms with Crippen molar-refractivity contribution in [2.24, 2.45) is 0 Å². The quantitative estimate of drug-likeness (QED) is 0.373. The van der Waals surface area contributed by atoms with Gasteiger partial charge < -0.3 is 28.8 Å². The molecular weight excluding hydrogens is 400 g/mol. The van der Waals surface area contributed by atoms with Crippen LogP contribution in [0.3, 0.4) is 0 Å². The molecule has 0 aliphatic carbocycles. The molecule has 0 spiro atoms. The standard InChI is InChI=1S/C12H10O12S2/c13-7-1-5(23-25(17,18)19)2-8(14)11(7)12-9(15)3-6(4-10(12)16)24-26(20,21)22/h1-4,13-16H,(H,17,18,19)(H,20,21,22). The average Bonchev–Trinajstić information content (AvgIpc) is 2.36. The second-order valence-electron chi connectivity index (χ2n) is 4.70. The monoisotopic (exact) mass is 410 g/mol. The molecular formula is C12H10O12S2. The van der Waals surface area contributed by atoms with E-state index in [0.29, 0.717) is 24.3 Å². The van der Waals surface area contributed by atoms with Crippen molar-refractivity contribution in [1.82, 2.24) is 0 Å². The number of hydrogen-bond donors (Lipinski definition) is 6. The molecule has 0 saturated heterocycles. The summed E-state index contributed by atoms with van der Waals surface area (Å²) in [5, 5.41) is 39.7. The molecule has 142 valence electrons. The third-order valence-electron chi connectivity index (χ3n) is 2.79. The largest absolute Gasteiger partial charge is 0.507 e. The number of rotatable bonds is 5. The third-order valence-corrected chi connectivity index (χ3v) is 3.60. The van der Waals surface area contributed by atoms with E-state index in [1.165, 1.54) is 0 Å². The lowest BCUT2D eigenvalue weighted by Crippen LogP contribution is -2.07. The lowest BCUT2D eigenvalue weighted by atomic mass is 10.0. The predicted octanol–water partition coefficient (Wildman–Crippen LogP) is 0.539. The lowest BCUT2D eigenvalue weighted by molar-refractivity contribution is 0.379. The summed E-state index contributed by atoms with van der Waals surface area (Å²) in [5.74, 6) is -4.88. The molecule has 0 unspecified atom stereocenters. The molecule has 0 amide bonds. The van der Waals surface area contributed by atoms with Crippen molar-refractivity contribution in [2.45, 2.75) is 0 Å². The second-order valence-corrected chi connectivity index (χ2v) is 6.74. The molecule has 2 aromatic rings. The molecule has 0 bridgehead atoms. The molecule has 2 aromatic carbocycles. The predicted molar refractivity (Wildman–Crippen MR) is 82.9 cm³/mol. The highest BCUT2D eigenvalue weighted by molar-refractivity contribution is 7.81. The Hall–Kier alpha value is -2.94. The summed E-state index contributed by atoms with van der Waals surface area (Å²) in [6.45, 7) is 0. The molecule has 2 rings (SSSR count). The summed E-state index contributed by atoms with van der Waals surface area (Å²) in [6, 6.07) is 2.57. The minimum Gasteiger partial charge on any atom is -0.507 e. The Labute approximate surface area is 146 Å². The molecule has 0 heterocycles. The summed E-state index contributed by atoms with van der Waals surface area (Å²) >= 11 is 0. The Morgan fingerprint density at radius 1 is 0.577 bits per heavy atom. The summed E-state index contributed by atoms with van der Waals surface area (Å²) in [7, 11) is -9.89. The average molecular weight is 410 g/mol. The first-order valence-electron chi connectivity index (χ1n) is 6.23. The van der Waals surface area contributed by atoms with Gasteiger partial charge in [-0.15, -0.1) is 0 Å². The van der Waals surface area contributed by atoms with Crippen LogP contribution in [0.2, 0.25) is 0 Å². The van der Waals surface area contributed by atoms with Gasteiger partial charge in [-0.1, -0.05) is 0 Å². The summed E-state index contributed by atoms with van der Waals surface area (Å²) < 4.78 is 67.8. The molecule has 0 radical (unpaired) electrons. The Kier molecular flexibility index (Phi) is 4.78. The van der Waals surface area contributed by atoms with Crippen LogP contribution in [0, 0.1) is 0 Å². The number of phenols is 4. The Morgan fingerprint density at radius 2 is 0.808 bits per heavy atom. The van der Waals surface area contributed by atoms with Crippen LogP contribution >= 0.6 is 0 Å². The van der Waals surface area contributed by atoms with Crippen molar-refractivity contribution in [1.29, 1.82) is 0 Å². The maximum atomic E-state index is 10.6. The maximum absolute atomic E-state index is 10.6. The van der Waals surface area contributed by atoms with Gasteiger partial charge in [-0.2, -0.15) is 16.8 Å². The zero-order chi connectivity index (χ0) is 19.9. The van der Waals surface area contributed by atoms with Crippen molar-refractivity contribution in [3.8, 4) is 45.6 Å². The van der Waals surface area contributed by atoms with E-state index in [2.05, 4.69) is 8.37 Å². The van der Waals surface area contributed by atoms with Crippen LogP contribution < -0.4 is 8.37 Å². The van der Waals surface area contributed by atoms with Crippen molar-refractivity contribution < 1.29 is 54.7 Å². The Bertz CT molecular complexity index is 938. The zero-order valence-electron chi connectivity index (χ0n) is 12.3. The van der Waals surface area contributed by atoms with Crippen LogP contribution in [-0.4, -0.2) is 46.4 Å². The SMILES string of the molecule is O=S(=O)(O)Oc1cc(O)c(-c2c(O)cc(OS(=O)(=O)O)cc2O)c(O)c1. The first-order chi connectivity index (χ1) is 11.8. The van der Waals surface area contributed by atoms with Crippen LogP contribution in [0.25, 0.3) is 11.1 Å². The van der Waals surface area contributed by atoms with Gasteiger partial charge in [0.2, 0.25) is 0 Å². The fourth-order valence-corrected chi connectivity index (χ4v) is 2.70. The number of aromatic hydroxyl groups is 4. The van der Waals surface area contributed by atoms with Gasteiger partial charge >= 0.3 is 20.8 Å². The first-order valence-corrected chi connectivity index (χ1v) is 8.96. The molecule has 0 saturated carbocycles. The maximum Gasteiger partial charge on any atom is 0.446 e. The van der Waals surface area contributed by atoms with Gasteiger partial charge in [-0.3, -0.25) is 9.11 Å². The molecule has 0 aliphatic heterocycles. The normalized spacial score (nSPS) is 11.9. The van der Waals surface area contributed by atoms with Crippen LogP contribution in [0.5, 0.6) is 34.5 Å². The zero-order valence-corrected chi connectivity index (χ0v) is 13.9. The highest BCUT2D eigenvalue weighted by Crippen LogP contribution is 2.49. The van der Waals surface area contributed by atoms with Crippen molar-refractivity contribution in [3.05, 3.63) is 24.3 Å². The van der Waals surface area contributed by atoms with Gasteiger partial charge in [-0.25, -0.2) is 0 Å². The highest BCUT2D eigenvalue weighted by atomic mass is 32.3. The van der Waals surface area contributed by atoms with Crippen LogP contribution in [-0.2, 0) is 20.8 Å². The van der Waals surface area contributed by atoms with Crippen LogP contribution in [0.15, 0.2) is 24.3 Å². The molecule has 12 nitrogen and oxygen atoms in total.